The summed E-state index contributed by atoms with van der Waals surface area (Å²) in [5, 5.41) is 8.88. The number of rotatable bonds is 6. The highest BCUT2D eigenvalue weighted by molar-refractivity contribution is 6.25. The molecule has 0 radical (unpaired) electrons. The zero-order valence-corrected chi connectivity index (χ0v) is 40.7. The average Bonchev–Trinajstić information content (AvgIpc) is 4.38. The highest BCUT2D eigenvalue weighted by atomic mass is 16.3. The van der Waals surface area contributed by atoms with Gasteiger partial charge in [-0.25, -0.2) is 19.9 Å². The van der Waals surface area contributed by atoms with Gasteiger partial charge in [0.2, 0.25) is 11.9 Å². The fourth-order valence-corrected chi connectivity index (χ4v) is 11.0. The zero-order valence-electron chi connectivity index (χ0n) is 40.7. The molecule has 0 fully saturated rings. The second-order valence-corrected chi connectivity index (χ2v) is 18.9. The number of nitrogens with zero attached hydrogens (tertiary/aromatic N) is 6. The lowest BCUT2D eigenvalue weighted by Crippen LogP contribution is -2.04. The van der Waals surface area contributed by atoms with E-state index in [0.717, 1.165) is 133 Å². The van der Waals surface area contributed by atoms with Gasteiger partial charge in [-0.05, 0) is 60.7 Å². The fourth-order valence-electron chi connectivity index (χ4n) is 11.0. The van der Waals surface area contributed by atoms with Gasteiger partial charge in [0.05, 0.1) is 55.6 Å². The normalized spacial score (nSPS) is 11.7. The van der Waals surface area contributed by atoms with Crippen molar-refractivity contribution in [3.8, 4) is 56.9 Å². The molecule has 8 heteroatoms. The van der Waals surface area contributed by atoms with Crippen LogP contribution in [0.3, 0.4) is 0 Å². The van der Waals surface area contributed by atoms with Gasteiger partial charge in [0.15, 0.2) is 0 Å². The summed E-state index contributed by atoms with van der Waals surface area (Å²) in [6.07, 6.45) is 0. The summed E-state index contributed by atoms with van der Waals surface area (Å²) in [5.41, 5.74) is 15.4. The van der Waals surface area contributed by atoms with Crippen molar-refractivity contribution in [1.82, 2.24) is 29.1 Å². The van der Waals surface area contributed by atoms with Crippen LogP contribution in [0.5, 0.6) is 0 Å². The molecule has 6 aromatic heterocycles. The van der Waals surface area contributed by atoms with Gasteiger partial charge in [-0.3, -0.25) is 9.13 Å². The Hall–Kier alpha value is -10.4. The van der Waals surface area contributed by atoms with Crippen molar-refractivity contribution in [2.45, 2.75) is 0 Å². The summed E-state index contributed by atoms with van der Waals surface area (Å²) in [4.78, 5) is 20.6. The monoisotopic (exact) mass is 974 g/mol. The molecule has 0 bridgehead atoms. The Morgan fingerprint density at radius 3 is 1.24 bits per heavy atom. The Morgan fingerprint density at radius 1 is 0.263 bits per heavy atom. The van der Waals surface area contributed by atoms with Crippen molar-refractivity contribution in [2.75, 3.05) is 0 Å². The third-order valence-corrected chi connectivity index (χ3v) is 14.5. The Morgan fingerprint density at radius 2 is 0.684 bits per heavy atom. The highest BCUT2D eigenvalue weighted by Gasteiger charge is 2.23. The van der Waals surface area contributed by atoms with E-state index in [1.54, 1.807) is 0 Å². The zero-order chi connectivity index (χ0) is 50.1. The Balaban J connectivity index is 0.000000133. The molecule has 0 atom stereocenters. The number of aromatic nitrogens is 6. The first kappa shape index (κ1) is 43.2. The summed E-state index contributed by atoms with van der Waals surface area (Å²) in [5.74, 6) is 1.26. The summed E-state index contributed by atoms with van der Waals surface area (Å²) in [6.45, 7) is 0. The van der Waals surface area contributed by atoms with E-state index >= 15 is 0 Å². The van der Waals surface area contributed by atoms with E-state index in [0.29, 0.717) is 11.9 Å². The molecule has 0 aliphatic heterocycles. The van der Waals surface area contributed by atoms with Crippen molar-refractivity contribution in [2.24, 2.45) is 0 Å². The number of hydrogen-bond donors (Lipinski definition) is 0. The van der Waals surface area contributed by atoms with E-state index in [1.807, 2.05) is 97.1 Å². The van der Waals surface area contributed by atoms with Gasteiger partial charge < -0.3 is 8.83 Å². The van der Waals surface area contributed by atoms with Crippen LogP contribution in [0.2, 0.25) is 0 Å². The first-order valence-electron chi connectivity index (χ1n) is 25.4. The lowest BCUT2D eigenvalue weighted by molar-refractivity contribution is 0.669. The molecule has 16 aromatic rings. The van der Waals surface area contributed by atoms with E-state index < -0.39 is 0 Å². The lowest BCUT2D eigenvalue weighted by Gasteiger charge is -2.12. The van der Waals surface area contributed by atoms with Crippen molar-refractivity contribution in [1.29, 1.82) is 0 Å². The Bertz CT molecular complexity index is 4750. The maximum absolute atomic E-state index is 6.45. The van der Waals surface area contributed by atoms with Gasteiger partial charge in [0, 0.05) is 54.6 Å². The summed E-state index contributed by atoms with van der Waals surface area (Å²) >= 11 is 0. The van der Waals surface area contributed by atoms with Gasteiger partial charge >= 0.3 is 0 Å². The molecule has 356 valence electrons. The minimum Gasteiger partial charge on any atom is -0.456 e. The van der Waals surface area contributed by atoms with Crippen LogP contribution in [-0.4, -0.2) is 29.1 Å². The molecular formula is C68H42N6O2. The highest BCUT2D eigenvalue weighted by Crippen LogP contribution is 2.43. The van der Waals surface area contributed by atoms with Gasteiger partial charge in [-0.1, -0.05) is 194 Å². The van der Waals surface area contributed by atoms with Crippen LogP contribution in [-0.2, 0) is 0 Å². The van der Waals surface area contributed by atoms with Crippen molar-refractivity contribution >= 4 is 87.5 Å². The molecule has 0 aliphatic carbocycles. The van der Waals surface area contributed by atoms with Crippen molar-refractivity contribution < 1.29 is 8.83 Å². The number of para-hydroxylation sites is 4. The van der Waals surface area contributed by atoms with E-state index in [2.05, 4.69) is 167 Å². The molecule has 76 heavy (non-hydrogen) atoms. The minimum atomic E-state index is 0.631. The maximum Gasteiger partial charge on any atom is 0.235 e. The van der Waals surface area contributed by atoms with Gasteiger partial charge in [0.25, 0.3) is 0 Å². The molecule has 0 aliphatic rings. The molecule has 0 N–H and O–H groups in total. The van der Waals surface area contributed by atoms with Gasteiger partial charge in [0.1, 0.15) is 22.3 Å². The fraction of sp³-hybridized carbons (Fsp3) is 0. The number of furan rings is 2. The van der Waals surface area contributed by atoms with Crippen molar-refractivity contribution in [3.63, 3.8) is 0 Å². The van der Waals surface area contributed by atoms with E-state index in [9.17, 15) is 0 Å². The topological polar surface area (TPSA) is 87.7 Å². The molecule has 0 saturated carbocycles. The van der Waals surface area contributed by atoms with Crippen molar-refractivity contribution in [3.05, 3.63) is 255 Å². The van der Waals surface area contributed by atoms with Crippen LogP contribution in [0.4, 0.5) is 0 Å². The molecule has 0 saturated heterocycles. The molecule has 16 rings (SSSR count). The van der Waals surface area contributed by atoms with E-state index in [1.165, 1.54) is 0 Å². The van der Waals surface area contributed by atoms with Crippen LogP contribution >= 0.6 is 0 Å². The first-order valence-corrected chi connectivity index (χ1v) is 25.4. The third kappa shape index (κ3) is 7.07. The number of benzene rings is 10. The predicted octanol–water partition coefficient (Wildman–Crippen LogP) is 17.6. The van der Waals surface area contributed by atoms with Gasteiger partial charge in [-0.2, -0.15) is 0 Å². The molecule has 0 amide bonds. The van der Waals surface area contributed by atoms with Crippen LogP contribution in [0.15, 0.2) is 264 Å². The first-order chi connectivity index (χ1) is 37.7. The maximum atomic E-state index is 6.45. The number of fused-ring (bicyclic) bond motifs is 14. The van der Waals surface area contributed by atoms with Gasteiger partial charge in [-0.15, -0.1) is 0 Å². The summed E-state index contributed by atoms with van der Waals surface area (Å²) < 4.78 is 17.1. The Labute approximate surface area is 435 Å². The summed E-state index contributed by atoms with van der Waals surface area (Å²) in [7, 11) is 0. The second kappa shape index (κ2) is 17.7. The quantitative estimate of drug-likeness (QED) is 0.165. The van der Waals surface area contributed by atoms with E-state index in [-0.39, 0.29) is 0 Å². The second-order valence-electron chi connectivity index (χ2n) is 18.9. The van der Waals surface area contributed by atoms with E-state index in [4.69, 9.17) is 28.8 Å². The third-order valence-electron chi connectivity index (χ3n) is 14.5. The number of hydrogen-bond acceptors (Lipinski definition) is 6. The minimum absolute atomic E-state index is 0.631. The molecule has 0 unspecified atom stereocenters. The molecule has 8 nitrogen and oxygen atoms in total. The molecule has 10 aromatic carbocycles. The average molecular weight is 975 g/mol. The van der Waals surface area contributed by atoms with Crippen LogP contribution in [0.1, 0.15) is 0 Å². The SMILES string of the molecule is c1ccc(-c2cc(-c3ccccc3)nc(-n3c4ccccc4c4c5oc6ccccc6c5ccc43)n2)cc1.c1ccc(-c2cc(-c3ccccc3)nc(-n3c4ccccc4c4ccc5oc6ccccc6c5c43)n2)cc1. The van der Waals surface area contributed by atoms with Crippen LogP contribution in [0, 0.1) is 0 Å². The molecular weight excluding hydrogens is 933 g/mol. The molecule has 6 heterocycles. The van der Waals surface area contributed by atoms with Crippen LogP contribution in [0.25, 0.3) is 144 Å². The lowest BCUT2D eigenvalue weighted by atomic mass is 10.1. The smallest absolute Gasteiger partial charge is 0.235 e. The summed E-state index contributed by atoms with van der Waals surface area (Å²) in [6, 6.07) is 87.1. The molecule has 0 spiro atoms. The predicted molar refractivity (Wildman–Crippen MR) is 309 cm³/mol. The largest absolute Gasteiger partial charge is 0.456 e. The Kier molecular flexibility index (Phi) is 10.0. The standard InChI is InChI=1S/2C34H21N3O/c1-3-11-22(12-4-1)27-21-28(23-13-5-2-6-14-23)36-34(35-27)37-29-17-9-7-16-26(29)32-30(37)20-19-25-24-15-8-10-18-31(24)38-33(25)32;1-3-11-22(12-4-1)27-21-28(23-13-5-2-6-14-23)36-34(35-27)37-29-17-9-7-15-24(29)25-19-20-31-32(33(25)37)26-16-8-10-18-30(26)38-31/h2*1-21H. The van der Waals surface area contributed by atoms with Crippen LogP contribution < -0.4 is 0 Å².